The Balaban J connectivity index is 1.88. The van der Waals surface area contributed by atoms with Crippen molar-refractivity contribution in [3.05, 3.63) is 83.2 Å². The third-order valence-corrected chi connectivity index (χ3v) is 4.56. The molecule has 2 aromatic carbocycles. The molecule has 1 aromatic heterocycles. The van der Waals surface area contributed by atoms with Crippen LogP contribution in [0, 0.1) is 0 Å². The van der Waals surface area contributed by atoms with Crippen molar-refractivity contribution in [2.45, 2.75) is 0 Å². The summed E-state index contributed by atoms with van der Waals surface area (Å²) >= 11 is 1.57. The summed E-state index contributed by atoms with van der Waals surface area (Å²) in [5, 5.41) is 2.94. The van der Waals surface area contributed by atoms with Gasteiger partial charge in [0.25, 0.3) is 5.91 Å². The molecule has 1 amide bonds. The highest BCUT2D eigenvalue weighted by Gasteiger charge is 2.33. The summed E-state index contributed by atoms with van der Waals surface area (Å²) in [7, 11) is 0. The smallest absolute Gasteiger partial charge is 0.264 e. The number of hydrogen-bond donors (Lipinski definition) is 0. The third kappa shape index (κ3) is 2.07. The zero-order valence-corrected chi connectivity index (χ0v) is 12.6. The van der Waals surface area contributed by atoms with E-state index in [9.17, 15) is 4.79 Å². The van der Waals surface area contributed by atoms with Gasteiger partial charge in [-0.2, -0.15) is 0 Å². The number of carbonyl (C=O) groups excluding carboxylic acids is 1. The fourth-order valence-corrected chi connectivity index (χ4v) is 3.45. The Kier molecular flexibility index (Phi) is 3.13. The van der Waals surface area contributed by atoms with Crippen molar-refractivity contribution in [3.8, 4) is 0 Å². The lowest BCUT2D eigenvalue weighted by molar-refractivity contribution is -0.112. The molecule has 3 aromatic rings. The molecule has 0 saturated heterocycles. The number of amides is 1. The molecular weight excluding hydrogens is 290 g/mol. The molecule has 0 saturated carbocycles. The summed E-state index contributed by atoms with van der Waals surface area (Å²) in [6, 6.07) is 21.9. The van der Waals surface area contributed by atoms with Gasteiger partial charge in [-0.15, -0.1) is 11.3 Å². The van der Waals surface area contributed by atoms with Gasteiger partial charge in [-0.1, -0.05) is 48.5 Å². The largest absolute Gasteiger partial charge is 0.268 e. The van der Waals surface area contributed by atoms with Crippen LogP contribution in [0.3, 0.4) is 0 Å². The van der Waals surface area contributed by atoms with Gasteiger partial charge in [0.2, 0.25) is 0 Å². The molecule has 2 nitrogen and oxygen atoms in total. The number of nitrogens with zero attached hydrogens (tertiary/aromatic N) is 1. The summed E-state index contributed by atoms with van der Waals surface area (Å²) in [5.74, 6) is 0.0347. The zero-order valence-electron chi connectivity index (χ0n) is 11.8. The van der Waals surface area contributed by atoms with Crippen molar-refractivity contribution in [2.75, 3.05) is 4.90 Å². The normalized spacial score (nSPS) is 15.4. The highest BCUT2D eigenvalue weighted by Crippen LogP contribution is 2.43. The molecule has 0 unspecified atom stereocenters. The Labute approximate surface area is 133 Å². The predicted molar refractivity (Wildman–Crippen MR) is 92.2 cm³/mol. The van der Waals surface area contributed by atoms with Crippen molar-refractivity contribution >= 4 is 39.6 Å². The lowest BCUT2D eigenvalue weighted by Gasteiger charge is -2.14. The van der Waals surface area contributed by atoms with Crippen LogP contribution in [0.5, 0.6) is 0 Å². The maximum atomic E-state index is 12.9. The molecular formula is C19H13NOS. The van der Waals surface area contributed by atoms with E-state index >= 15 is 0 Å². The van der Waals surface area contributed by atoms with Crippen molar-refractivity contribution in [3.63, 3.8) is 0 Å². The van der Waals surface area contributed by atoms with Crippen LogP contribution in [-0.4, -0.2) is 5.91 Å². The molecule has 0 spiro atoms. The van der Waals surface area contributed by atoms with E-state index in [1.165, 1.54) is 0 Å². The van der Waals surface area contributed by atoms with Crippen LogP contribution in [0.1, 0.15) is 11.1 Å². The van der Waals surface area contributed by atoms with Gasteiger partial charge in [-0.25, -0.2) is 0 Å². The first-order valence-electron chi connectivity index (χ1n) is 7.09. The molecule has 106 valence electrons. The maximum Gasteiger partial charge on any atom is 0.264 e. The second kappa shape index (κ2) is 5.28. The monoisotopic (exact) mass is 303 g/mol. The number of benzene rings is 2. The fourth-order valence-electron chi connectivity index (χ4n) is 2.71. The quantitative estimate of drug-likeness (QED) is 0.612. The van der Waals surface area contributed by atoms with E-state index in [4.69, 9.17) is 0 Å². The third-order valence-electron chi connectivity index (χ3n) is 3.71. The lowest BCUT2D eigenvalue weighted by Crippen LogP contribution is -2.19. The Morgan fingerprint density at radius 2 is 1.64 bits per heavy atom. The van der Waals surface area contributed by atoms with Crippen LogP contribution in [0.4, 0.5) is 10.7 Å². The number of para-hydroxylation sites is 1. The van der Waals surface area contributed by atoms with Crippen LogP contribution in [0.15, 0.2) is 72.1 Å². The predicted octanol–water partition coefficient (Wildman–Crippen LogP) is 4.97. The average Bonchev–Trinajstić information content (AvgIpc) is 3.16. The SMILES string of the molecule is O=C1/C(=C\c2ccccc2)c2ccccc2N1c1cccs1. The summed E-state index contributed by atoms with van der Waals surface area (Å²) < 4.78 is 0. The van der Waals surface area contributed by atoms with Crippen LogP contribution in [-0.2, 0) is 4.79 Å². The van der Waals surface area contributed by atoms with Crippen molar-refractivity contribution < 1.29 is 4.79 Å². The van der Waals surface area contributed by atoms with E-state index in [-0.39, 0.29) is 5.91 Å². The summed E-state index contributed by atoms with van der Waals surface area (Å²) in [5.41, 5.74) is 3.73. The average molecular weight is 303 g/mol. The minimum atomic E-state index is 0.0347. The van der Waals surface area contributed by atoms with E-state index in [0.29, 0.717) is 0 Å². The molecule has 0 N–H and O–H groups in total. The summed E-state index contributed by atoms with van der Waals surface area (Å²) in [6.45, 7) is 0. The fraction of sp³-hybridized carbons (Fsp3) is 0. The van der Waals surface area contributed by atoms with E-state index in [2.05, 4.69) is 0 Å². The molecule has 1 aliphatic rings. The molecule has 0 fully saturated rings. The zero-order chi connectivity index (χ0) is 14.9. The number of rotatable bonds is 2. The first-order chi connectivity index (χ1) is 10.8. The standard InChI is InChI=1S/C19H13NOS/c21-19-16(13-14-7-2-1-3-8-14)15-9-4-5-10-17(15)20(19)18-11-6-12-22-18/h1-13H/b16-13-. The van der Waals surface area contributed by atoms with Crippen LogP contribution in [0.2, 0.25) is 0 Å². The first kappa shape index (κ1) is 13.0. The number of carbonyl (C=O) groups is 1. The van der Waals surface area contributed by atoms with Crippen LogP contribution in [0.25, 0.3) is 11.6 Å². The number of hydrogen-bond acceptors (Lipinski definition) is 2. The number of anilines is 2. The number of fused-ring (bicyclic) bond motifs is 1. The Morgan fingerprint density at radius 1 is 0.864 bits per heavy atom. The van der Waals surface area contributed by atoms with E-state index in [1.807, 2.05) is 78.2 Å². The lowest BCUT2D eigenvalue weighted by atomic mass is 10.0. The van der Waals surface area contributed by atoms with Crippen molar-refractivity contribution in [1.82, 2.24) is 0 Å². The van der Waals surface area contributed by atoms with Gasteiger partial charge in [0.15, 0.2) is 0 Å². The minimum absolute atomic E-state index is 0.0347. The Hall–Kier alpha value is -2.65. The van der Waals surface area contributed by atoms with Crippen molar-refractivity contribution in [2.24, 2.45) is 0 Å². The van der Waals surface area contributed by atoms with Crippen LogP contribution >= 0.6 is 11.3 Å². The Morgan fingerprint density at radius 3 is 2.41 bits per heavy atom. The molecule has 0 atom stereocenters. The van der Waals surface area contributed by atoms with Gasteiger partial charge in [-0.05, 0) is 35.2 Å². The number of thiophene rings is 1. The molecule has 0 bridgehead atoms. The first-order valence-corrected chi connectivity index (χ1v) is 7.97. The van der Waals surface area contributed by atoms with E-state index in [1.54, 1.807) is 16.2 Å². The molecule has 4 rings (SSSR count). The second-order valence-electron chi connectivity index (χ2n) is 5.08. The van der Waals surface area contributed by atoms with Gasteiger partial charge in [0.1, 0.15) is 5.00 Å². The topological polar surface area (TPSA) is 20.3 Å². The molecule has 22 heavy (non-hydrogen) atoms. The second-order valence-corrected chi connectivity index (χ2v) is 6.00. The maximum absolute atomic E-state index is 12.9. The molecule has 2 heterocycles. The van der Waals surface area contributed by atoms with Gasteiger partial charge in [0, 0.05) is 5.56 Å². The van der Waals surface area contributed by atoms with E-state index < -0.39 is 0 Å². The van der Waals surface area contributed by atoms with Gasteiger partial charge in [0.05, 0.1) is 11.3 Å². The summed E-state index contributed by atoms with van der Waals surface area (Å²) in [4.78, 5) is 14.7. The Bertz CT molecular complexity index is 850. The minimum Gasteiger partial charge on any atom is -0.268 e. The molecule has 1 aliphatic heterocycles. The molecule has 0 radical (unpaired) electrons. The van der Waals surface area contributed by atoms with Gasteiger partial charge in [-0.3, -0.25) is 9.69 Å². The highest BCUT2D eigenvalue weighted by molar-refractivity contribution is 7.14. The van der Waals surface area contributed by atoms with Crippen molar-refractivity contribution in [1.29, 1.82) is 0 Å². The highest BCUT2D eigenvalue weighted by atomic mass is 32.1. The molecule has 3 heteroatoms. The summed E-state index contributed by atoms with van der Waals surface area (Å²) in [6.07, 6.45) is 1.97. The van der Waals surface area contributed by atoms with Gasteiger partial charge >= 0.3 is 0 Å². The molecule has 0 aliphatic carbocycles. The van der Waals surface area contributed by atoms with Gasteiger partial charge < -0.3 is 0 Å². The van der Waals surface area contributed by atoms with Crippen LogP contribution < -0.4 is 4.90 Å². The van der Waals surface area contributed by atoms with E-state index in [0.717, 1.165) is 27.4 Å².